The van der Waals surface area contributed by atoms with Crippen molar-refractivity contribution in [1.29, 1.82) is 0 Å². The number of thioether (sulfide) groups is 1. The Bertz CT molecular complexity index is 1110. The molecule has 3 aromatic carbocycles. The molecule has 0 bridgehead atoms. The molecule has 0 aliphatic carbocycles. The minimum Gasteiger partial charge on any atom is -0.352 e. The van der Waals surface area contributed by atoms with Crippen LogP contribution in [-0.4, -0.2) is 34.6 Å². The summed E-state index contributed by atoms with van der Waals surface area (Å²) in [5.74, 6) is 0.192. The Morgan fingerprint density at radius 1 is 0.944 bits per heavy atom. The summed E-state index contributed by atoms with van der Waals surface area (Å²) in [6.07, 6.45) is 1.17. The van der Waals surface area contributed by atoms with Crippen molar-refractivity contribution >= 4 is 35.2 Å². The first-order valence-electron chi connectivity index (χ1n) is 12.1. The first kappa shape index (κ1) is 27.8. The summed E-state index contributed by atoms with van der Waals surface area (Å²) in [5, 5.41) is 3.72. The van der Waals surface area contributed by atoms with E-state index in [1.165, 1.54) is 23.9 Å². The van der Waals surface area contributed by atoms with E-state index in [0.29, 0.717) is 17.2 Å². The van der Waals surface area contributed by atoms with E-state index >= 15 is 0 Å². The summed E-state index contributed by atoms with van der Waals surface area (Å²) in [5.41, 5.74) is 2.80. The van der Waals surface area contributed by atoms with Crippen LogP contribution in [0.4, 0.5) is 4.39 Å². The standard InChI is InChI=1S/C29H32ClFN2O2S/c1-3-21(2)32-29(35)27(17-22-7-5-4-6-8-22)33(18-23-11-15-26(31)16-12-23)28(34)20-36-19-24-9-13-25(30)14-10-24/h4-16,21,27H,3,17-20H2,1-2H3,(H,32,35)/t21-,27+/m0/s1. The summed E-state index contributed by atoms with van der Waals surface area (Å²) in [6.45, 7) is 4.17. The molecular formula is C29H32ClFN2O2S. The van der Waals surface area contributed by atoms with E-state index in [0.717, 1.165) is 23.1 Å². The van der Waals surface area contributed by atoms with Gasteiger partial charge in [0.2, 0.25) is 11.8 Å². The number of amides is 2. The SMILES string of the molecule is CC[C@H](C)NC(=O)[C@@H](Cc1ccccc1)N(Cc1ccc(F)cc1)C(=O)CSCc1ccc(Cl)cc1. The minimum absolute atomic E-state index is 0.0159. The van der Waals surface area contributed by atoms with Gasteiger partial charge in [-0.15, -0.1) is 11.8 Å². The lowest BCUT2D eigenvalue weighted by Crippen LogP contribution is -2.52. The van der Waals surface area contributed by atoms with E-state index in [9.17, 15) is 14.0 Å². The molecule has 0 aliphatic heterocycles. The Kier molecular flexibility index (Phi) is 10.8. The lowest BCUT2D eigenvalue weighted by atomic mass is 10.0. The predicted octanol–water partition coefficient (Wildman–Crippen LogP) is 6.27. The van der Waals surface area contributed by atoms with Gasteiger partial charge in [0.15, 0.2) is 0 Å². The normalized spacial score (nSPS) is 12.6. The van der Waals surface area contributed by atoms with E-state index in [4.69, 9.17) is 11.6 Å². The number of hydrogen-bond donors (Lipinski definition) is 1. The largest absolute Gasteiger partial charge is 0.352 e. The lowest BCUT2D eigenvalue weighted by molar-refractivity contribution is -0.139. The molecule has 0 heterocycles. The molecule has 0 saturated carbocycles. The highest BCUT2D eigenvalue weighted by atomic mass is 35.5. The van der Waals surface area contributed by atoms with Crippen molar-refractivity contribution in [3.63, 3.8) is 0 Å². The first-order valence-corrected chi connectivity index (χ1v) is 13.6. The first-order chi connectivity index (χ1) is 17.4. The summed E-state index contributed by atoms with van der Waals surface area (Å²) in [4.78, 5) is 28.7. The van der Waals surface area contributed by atoms with Gasteiger partial charge in [-0.2, -0.15) is 0 Å². The number of hydrogen-bond acceptors (Lipinski definition) is 3. The molecule has 2 atom stereocenters. The van der Waals surface area contributed by atoms with Gasteiger partial charge in [0.05, 0.1) is 5.75 Å². The van der Waals surface area contributed by atoms with Gasteiger partial charge < -0.3 is 10.2 Å². The van der Waals surface area contributed by atoms with Crippen molar-refractivity contribution in [3.8, 4) is 0 Å². The summed E-state index contributed by atoms with van der Waals surface area (Å²) in [7, 11) is 0. The third-order valence-electron chi connectivity index (χ3n) is 5.95. The molecule has 2 amide bonds. The van der Waals surface area contributed by atoms with Crippen molar-refractivity contribution in [2.75, 3.05) is 5.75 Å². The predicted molar refractivity (Wildman–Crippen MR) is 146 cm³/mol. The van der Waals surface area contributed by atoms with Crippen LogP contribution >= 0.6 is 23.4 Å². The second-order valence-corrected chi connectivity index (χ2v) is 10.2. The van der Waals surface area contributed by atoms with Gasteiger partial charge in [-0.1, -0.05) is 73.1 Å². The molecule has 7 heteroatoms. The van der Waals surface area contributed by atoms with Crippen LogP contribution in [0, 0.1) is 5.82 Å². The fraction of sp³-hybridized carbons (Fsp3) is 0.310. The van der Waals surface area contributed by atoms with Crippen molar-refractivity contribution in [3.05, 3.63) is 106 Å². The average molecular weight is 527 g/mol. The van der Waals surface area contributed by atoms with E-state index in [2.05, 4.69) is 5.32 Å². The highest BCUT2D eigenvalue weighted by molar-refractivity contribution is 7.99. The van der Waals surface area contributed by atoms with Gasteiger partial charge in [-0.3, -0.25) is 9.59 Å². The van der Waals surface area contributed by atoms with Crippen LogP contribution in [0.3, 0.4) is 0 Å². The number of benzene rings is 3. The Morgan fingerprint density at radius 3 is 2.22 bits per heavy atom. The third kappa shape index (κ3) is 8.68. The van der Waals surface area contributed by atoms with Gasteiger partial charge >= 0.3 is 0 Å². The molecule has 0 aliphatic rings. The van der Waals surface area contributed by atoms with E-state index < -0.39 is 6.04 Å². The molecule has 0 unspecified atom stereocenters. The Balaban J connectivity index is 1.84. The Labute approximate surface area is 222 Å². The van der Waals surface area contributed by atoms with Gasteiger partial charge in [0.1, 0.15) is 11.9 Å². The fourth-order valence-corrected chi connectivity index (χ4v) is 4.70. The number of rotatable bonds is 12. The molecule has 3 aromatic rings. The maximum Gasteiger partial charge on any atom is 0.243 e. The van der Waals surface area contributed by atoms with Crippen LogP contribution < -0.4 is 5.32 Å². The average Bonchev–Trinajstić information content (AvgIpc) is 2.88. The number of carbonyl (C=O) groups excluding carboxylic acids is 2. The van der Waals surface area contributed by atoms with Crippen LogP contribution in [0.15, 0.2) is 78.9 Å². The highest BCUT2D eigenvalue weighted by Crippen LogP contribution is 2.20. The molecular weight excluding hydrogens is 495 g/mol. The molecule has 0 saturated heterocycles. The van der Waals surface area contributed by atoms with E-state index in [-0.39, 0.29) is 36.0 Å². The van der Waals surface area contributed by atoms with E-state index in [1.54, 1.807) is 17.0 Å². The van der Waals surface area contributed by atoms with Crippen molar-refractivity contribution in [1.82, 2.24) is 10.2 Å². The summed E-state index contributed by atoms with van der Waals surface area (Å²) >= 11 is 7.46. The smallest absolute Gasteiger partial charge is 0.243 e. The Morgan fingerprint density at radius 2 is 1.58 bits per heavy atom. The zero-order valence-corrected chi connectivity index (χ0v) is 22.2. The molecule has 1 N–H and O–H groups in total. The number of nitrogens with zero attached hydrogens (tertiary/aromatic N) is 1. The van der Waals surface area contributed by atoms with Crippen LogP contribution in [0.25, 0.3) is 0 Å². The molecule has 36 heavy (non-hydrogen) atoms. The van der Waals surface area contributed by atoms with Crippen molar-refractivity contribution in [2.24, 2.45) is 0 Å². The molecule has 0 aromatic heterocycles. The molecule has 190 valence electrons. The molecule has 4 nitrogen and oxygen atoms in total. The van der Waals surface area contributed by atoms with Gasteiger partial charge in [-0.25, -0.2) is 4.39 Å². The summed E-state index contributed by atoms with van der Waals surface area (Å²) < 4.78 is 13.5. The van der Waals surface area contributed by atoms with Gasteiger partial charge in [0.25, 0.3) is 0 Å². The fourth-order valence-electron chi connectivity index (χ4n) is 3.70. The third-order valence-corrected chi connectivity index (χ3v) is 7.19. The highest BCUT2D eigenvalue weighted by Gasteiger charge is 2.30. The van der Waals surface area contributed by atoms with Gasteiger partial charge in [-0.05, 0) is 54.3 Å². The molecule has 3 rings (SSSR count). The second kappa shape index (κ2) is 14.0. The zero-order chi connectivity index (χ0) is 25.9. The van der Waals surface area contributed by atoms with E-state index in [1.807, 2.05) is 68.4 Å². The second-order valence-electron chi connectivity index (χ2n) is 8.79. The lowest BCUT2D eigenvalue weighted by Gasteiger charge is -2.32. The van der Waals surface area contributed by atoms with Crippen LogP contribution in [0.1, 0.15) is 37.0 Å². The monoisotopic (exact) mass is 526 g/mol. The quantitative estimate of drug-likeness (QED) is 0.303. The van der Waals surface area contributed by atoms with Crippen LogP contribution in [0.5, 0.6) is 0 Å². The van der Waals surface area contributed by atoms with Crippen LogP contribution in [-0.2, 0) is 28.3 Å². The molecule has 0 fully saturated rings. The number of carbonyl (C=O) groups is 2. The topological polar surface area (TPSA) is 49.4 Å². The number of halogens is 2. The molecule has 0 radical (unpaired) electrons. The molecule has 0 spiro atoms. The maximum atomic E-state index is 13.6. The zero-order valence-electron chi connectivity index (χ0n) is 20.6. The van der Waals surface area contributed by atoms with Crippen molar-refractivity contribution in [2.45, 2.75) is 51.1 Å². The van der Waals surface area contributed by atoms with Gasteiger partial charge in [0, 0.05) is 29.8 Å². The maximum absolute atomic E-state index is 13.6. The number of nitrogens with one attached hydrogen (secondary N) is 1. The Hall–Kier alpha value is -2.83. The summed E-state index contributed by atoms with van der Waals surface area (Å²) in [6, 6.07) is 22.6. The van der Waals surface area contributed by atoms with Crippen molar-refractivity contribution < 1.29 is 14.0 Å². The van der Waals surface area contributed by atoms with Crippen LogP contribution in [0.2, 0.25) is 5.02 Å². The minimum atomic E-state index is -0.699.